The summed E-state index contributed by atoms with van der Waals surface area (Å²) in [6.07, 6.45) is -3.56. The number of hydrogen-bond acceptors (Lipinski definition) is 4. The third-order valence-electron chi connectivity index (χ3n) is 4.28. The van der Waals surface area contributed by atoms with Crippen molar-refractivity contribution in [3.8, 4) is 10.6 Å². The average molecular weight is 442 g/mol. The SMILES string of the molecule is CC1CNCCC1NC(=O)c1csc(-c2cccc(C(F)(F)F)c2)n1.Cl.Cl. The van der Waals surface area contributed by atoms with Crippen molar-refractivity contribution in [1.82, 2.24) is 15.6 Å². The van der Waals surface area contributed by atoms with Crippen LogP contribution in [0.15, 0.2) is 29.6 Å². The maximum Gasteiger partial charge on any atom is 0.416 e. The van der Waals surface area contributed by atoms with Crippen molar-refractivity contribution in [2.24, 2.45) is 5.92 Å². The zero-order valence-corrected chi connectivity index (χ0v) is 16.8. The molecule has 2 N–H and O–H groups in total. The predicted octanol–water partition coefficient (Wildman–Crippen LogP) is 4.40. The van der Waals surface area contributed by atoms with Crippen LogP contribution in [-0.2, 0) is 6.18 Å². The Bertz CT molecular complexity index is 770. The number of carbonyl (C=O) groups is 1. The van der Waals surface area contributed by atoms with E-state index in [9.17, 15) is 18.0 Å². The van der Waals surface area contributed by atoms with Crippen molar-refractivity contribution in [3.63, 3.8) is 0 Å². The Kier molecular flexibility index (Phi) is 8.53. The fraction of sp³-hybridized carbons (Fsp3) is 0.412. The first-order valence-electron chi connectivity index (χ1n) is 7.99. The zero-order valence-electron chi connectivity index (χ0n) is 14.4. The number of nitrogens with one attached hydrogen (secondary N) is 2. The van der Waals surface area contributed by atoms with Gasteiger partial charge in [-0.3, -0.25) is 4.79 Å². The molecule has 4 nitrogen and oxygen atoms in total. The summed E-state index contributed by atoms with van der Waals surface area (Å²) in [6, 6.07) is 5.05. The second-order valence-electron chi connectivity index (χ2n) is 6.17. The first-order chi connectivity index (χ1) is 11.8. The first kappa shape index (κ1) is 23.7. The van der Waals surface area contributed by atoms with E-state index in [1.807, 2.05) is 0 Å². The number of nitrogens with zero attached hydrogens (tertiary/aromatic N) is 1. The van der Waals surface area contributed by atoms with Gasteiger partial charge in [0, 0.05) is 17.0 Å². The number of halogens is 5. The van der Waals surface area contributed by atoms with Gasteiger partial charge in [-0.2, -0.15) is 13.2 Å². The molecule has 1 aliphatic heterocycles. The molecule has 2 atom stereocenters. The lowest BCUT2D eigenvalue weighted by molar-refractivity contribution is -0.137. The second-order valence-corrected chi connectivity index (χ2v) is 7.02. The van der Waals surface area contributed by atoms with Crippen LogP contribution in [0.4, 0.5) is 13.2 Å². The highest BCUT2D eigenvalue weighted by Crippen LogP contribution is 2.33. The number of aromatic nitrogens is 1. The van der Waals surface area contributed by atoms with Gasteiger partial charge in [0.25, 0.3) is 5.91 Å². The minimum Gasteiger partial charge on any atom is -0.348 e. The summed E-state index contributed by atoms with van der Waals surface area (Å²) < 4.78 is 38.5. The van der Waals surface area contributed by atoms with E-state index in [4.69, 9.17) is 0 Å². The maximum atomic E-state index is 12.8. The molecule has 2 aromatic rings. The summed E-state index contributed by atoms with van der Waals surface area (Å²) in [7, 11) is 0. The summed E-state index contributed by atoms with van der Waals surface area (Å²) in [4.78, 5) is 16.6. The average Bonchev–Trinajstić information content (AvgIpc) is 3.06. The highest BCUT2D eigenvalue weighted by molar-refractivity contribution is 7.13. The minimum atomic E-state index is -4.40. The molecule has 3 rings (SSSR count). The number of thiazole rings is 1. The number of rotatable bonds is 3. The molecule has 1 fully saturated rings. The third-order valence-corrected chi connectivity index (χ3v) is 5.17. The molecule has 0 bridgehead atoms. The molecular formula is C17H20Cl2F3N3OS. The van der Waals surface area contributed by atoms with Gasteiger partial charge < -0.3 is 10.6 Å². The number of carbonyl (C=O) groups excluding carboxylic acids is 1. The lowest BCUT2D eigenvalue weighted by atomic mass is 9.95. The van der Waals surface area contributed by atoms with Gasteiger partial charge in [0.05, 0.1) is 5.56 Å². The summed E-state index contributed by atoms with van der Waals surface area (Å²) >= 11 is 1.16. The smallest absolute Gasteiger partial charge is 0.348 e. The van der Waals surface area contributed by atoms with Crippen LogP contribution in [0.25, 0.3) is 10.6 Å². The predicted molar refractivity (Wildman–Crippen MR) is 105 cm³/mol. The minimum absolute atomic E-state index is 0. The van der Waals surface area contributed by atoms with E-state index in [2.05, 4.69) is 22.5 Å². The van der Waals surface area contributed by atoms with Gasteiger partial charge in [0.1, 0.15) is 10.7 Å². The van der Waals surface area contributed by atoms with Crippen molar-refractivity contribution >= 4 is 42.1 Å². The Morgan fingerprint density at radius 3 is 2.74 bits per heavy atom. The van der Waals surface area contributed by atoms with Crippen molar-refractivity contribution in [1.29, 1.82) is 0 Å². The van der Waals surface area contributed by atoms with Gasteiger partial charge >= 0.3 is 6.18 Å². The molecule has 27 heavy (non-hydrogen) atoms. The number of benzene rings is 1. The van der Waals surface area contributed by atoms with Crippen molar-refractivity contribution in [2.75, 3.05) is 13.1 Å². The van der Waals surface area contributed by atoms with E-state index in [0.717, 1.165) is 43.0 Å². The molecule has 1 aromatic carbocycles. The van der Waals surface area contributed by atoms with Crippen LogP contribution in [0.2, 0.25) is 0 Å². The van der Waals surface area contributed by atoms with Crippen molar-refractivity contribution < 1.29 is 18.0 Å². The topological polar surface area (TPSA) is 54.0 Å². The van der Waals surface area contributed by atoms with E-state index < -0.39 is 11.7 Å². The van der Waals surface area contributed by atoms with Gasteiger partial charge in [-0.25, -0.2) is 4.98 Å². The molecule has 1 amide bonds. The van der Waals surface area contributed by atoms with Gasteiger partial charge in [0.15, 0.2) is 0 Å². The Morgan fingerprint density at radius 2 is 2.07 bits per heavy atom. The first-order valence-corrected chi connectivity index (χ1v) is 8.87. The number of piperidine rings is 1. The lowest BCUT2D eigenvalue weighted by Gasteiger charge is -2.29. The van der Waals surface area contributed by atoms with Crippen LogP contribution in [0.1, 0.15) is 29.4 Å². The molecule has 2 unspecified atom stereocenters. The number of hydrogen-bond donors (Lipinski definition) is 2. The fourth-order valence-electron chi connectivity index (χ4n) is 2.81. The van der Waals surface area contributed by atoms with E-state index >= 15 is 0 Å². The zero-order chi connectivity index (χ0) is 18.0. The quantitative estimate of drug-likeness (QED) is 0.741. The molecule has 1 aliphatic rings. The molecule has 150 valence electrons. The fourth-order valence-corrected chi connectivity index (χ4v) is 3.61. The number of alkyl halides is 3. The maximum absolute atomic E-state index is 12.8. The van der Waals surface area contributed by atoms with Crippen molar-refractivity contribution in [2.45, 2.75) is 25.6 Å². The van der Waals surface area contributed by atoms with Crippen molar-refractivity contribution in [3.05, 3.63) is 40.9 Å². The highest BCUT2D eigenvalue weighted by atomic mass is 35.5. The summed E-state index contributed by atoms with van der Waals surface area (Å²) in [6.45, 7) is 3.76. The monoisotopic (exact) mass is 441 g/mol. The van der Waals surface area contributed by atoms with Gasteiger partial charge in [-0.1, -0.05) is 19.1 Å². The Hall–Kier alpha value is -1.35. The summed E-state index contributed by atoms with van der Waals surface area (Å²) in [5.41, 5.74) is -0.132. The normalized spacial score (nSPS) is 19.6. The van der Waals surface area contributed by atoms with Gasteiger partial charge in [-0.05, 0) is 37.6 Å². The molecule has 2 heterocycles. The van der Waals surface area contributed by atoms with Crippen LogP contribution >= 0.6 is 36.2 Å². The molecule has 1 aromatic heterocycles. The van der Waals surface area contributed by atoms with E-state index in [0.29, 0.717) is 16.5 Å². The second kappa shape index (κ2) is 9.73. The highest BCUT2D eigenvalue weighted by Gasteiger charge is 2.30. The van der Waals surface area contributed by atoms with E-state index in [1.165, 1.54) is 6.07 Å². The Balaban J connectivity index is 0.00000182. The lowest BCUT2D eigenvalue weighted by Crippen LogP contribution is -2.48. The largest absolute Gasteiger partial charge is 0.416 e. The Morgan fingerprint density at radius 1 is 1.33 bits per heavy atom. The molecule has 0 saturated carbocycles. The summed E-state index contributed by atoms with van der Waals surface area (Å²) in [5.74, 6) is 0.0347. The third kappa shape index (κ3) is 5.81. The van der Waals surface area contributed by atoms with Crippen LogP contribution in [0, 0.1) is 5.92 Å². The standard InChI is InChI=1S/C17H18F3N3OS.2ClH/c1-10-8-21-6-5-13(10)22-15(24)14-9-25-16(23-14)11-3-2-4-12(7-11)17(18,19)20;;/h2-4,7,9-10,13,21H,5-6,8H2,1H3,(H,22,24);2*1H. The van der Waals surface area contributed by atoms with Crippen LogP contribution in [0.3, 0.4) is 0 Å². The van der Waals surface area contributed by atoms with E-state index in [1.54, 1.807) is 11.4 Å². The molecule has 0 radical (unpaired) electrons. The van der Waals surface area contributed by atoms with Crippen LogP contribution in [-0.4, -0.2) is 30.0 Å². The Labute approximate surface area is 171 Å². The molecule has 0 aliphatic carbocycles. The molecule has 0 spiro atoms. The van der Waals surface area contributed by atoms with Crippen LogP contribution < -0.4 is 10.6 Å². The molecule has 10 heteroatoms. The van der Waals surface area contributed by atoms with Crippen LogP contribution in [0.5, 0.6) is 0 Å². The molecule has 1 saturated heterocycles. The van der Waals surface area contributed by atoms with Gasteiger partial charge in [-0.15, -0.1) is 36.2 Å². The summed E-state index contributed by atoms with van der Waals surface area (Å²) in [5, 5.41) is 8.21. The van der Waals surface area contributed by atoms with E-state index in [-0.39, 0.29) is 42.5 Å². The van der Waals surface area contributed by atoms with Gasteiger partial charge in [0.2, 0.25) is 0 Å². The number of amides is 1. The molecular weight excluding hydrogens is 422 g/mol.